The molecule has 108 valence electrons. The first-order chi connectivity index (χ1) is 8.91. The fourth-order valence-corrected chi connectivity index (χ4v) is 2.77. The van der Waals surface area contributed by atoms with E-state index < -0.39 is 18.0 Å². The van der Waals surface area contributed by atoms with Crippen LogP contribution in [0.15, 0.2) is 0 Å². The van der Waals surface area contributed by atoms with E-state index >= 15 is 0 Å². The Labute approximate surface area is 114 Å². The molecule has 3 nitrogen and oxygen atoms in total. The lowest BCUT2D eigenvalue weighted by atomic mass is 10.3. The van der Waals surface area contributed by atoms with Crippen molar-refractivity contribution in [3.8, 4) is 0 Å². The number of ether oxygens (including phenoxy) is 1. The number of hydrogen-bond donors (Lipinski definition) is 1. The molecule has 0 aliphatic heterocycles. The highest BCUT2D eigenvalue weighted by molar-refractivity contribution is 7.11. The minimum absolute atomic E-state index is 0.232. The quantitative estimate of drug-likeness (QED) is 0.872. The topological polar surface area (TPSA) is 34.1 Å². The lowest BCUT2D eigenvalue weighted by Gasteiger charge is -2.07. The zero-order valence-electron chi connectivity index (χ0n) is 10.9. The molecule has 19 heavy (non-hydrogen) atoms. The second-order valence-electron chi connectivity index (χ2n) is 4.57. The van der Waals surface area contributed by atoms with Gasteiger partial charge in [-0.3, -0.25) is 0 Å². The van der Waals surface area contributed by atoms with Crippen molar-refractivity contribution in [2.24, 2.45) is 0 Å². The summed E-state index contributed by atoms with van der Waals surface area (Å²) in [5, 5.41) is 3.49. The van der Waals surface area contributed by atoms with Crippen molar-refractivity contribution >= 4 is 11.3 Å². The molecular formula is C12H17F3N2OS. The number of aromatic nitrogens is 1. The smallest absolute Gasteiger partial charge is 0.372 e. The van der Waals surface area contributed by atoms with Crippen LogP contribution in [0.25, 0.3) is 0 Å². The van der Waals surface area contributed by atoms with E-state index in [9.17, 15) is 13.2 Å². The van der Waals surface area contributed by atoms with Crippen molar-refractivity contribution in [3.05, 3.63) is 15.6 Å². The summed E-state index contributed by atoms with van der Waals surface area (Å²) >= 11 is 1.09. The van der Waals surface area contributed by atoms with Gasteiger partial charge in [0.1, 0.15) is 11.1 Å². The van der Waals surface area contributed by atoms with Crippen molar-refractivity contribution in [1.29, 1.82) is 0 Å². The molecule has 1 atom stereocenters. The Kier molecular flexibility index (Phi) is 4.47. The van der Waals surface area contributed by atoms with Gasteiger partial charge >= 0.3 is 6.18 Å². The molecule has 1 aromatic heterocycles. The second kappa shape index (κ2) is 5.76. The highest BCUT2D eigenvalue weighted by Crippen LogP contribution is 2.37. The molecule has 7 heteroatoms. The van der Waals surface area contributed by atoms with Crippen LogP contribution >= 0.6 is 11.3 Å². The zero-order chi connectivity index (χ0) is 14.0. The Balaban J connectivity index is 2.17. The van der Waals surface area contributed by atoms with Crippen LogP contribution in [0, 0.1) is 0 Å². The van der Waals surface area contributed by atoms with E-state index in [0.29, 0.717) is 17.7 Å². The molecule has 0 spiro atoms. The molecule has 1 aliphatic rings. The summed E-state index contributed by atoms with van der Waals surface area (Å²) in [6.45, 7) is 4.22. The van der Waals surface area contributed by atoms with E-state index in [-0.39, 0.29) is 11.4 Å². The highest BCUT2D eigenvalue weighted by atomic mass is 32.1. The van der Waals surface area contributed by atoms with Gasteiger partial charge in [0.2, 0.25) is 0 Å². The van der Waals surface area contributed by atoms with Crippen molar-refractivity contribution in [2.75, 3.05) is 6.61 Å². The molecule has 0 amide bonds. The maximum atomic E-state index is 12.9. The van der Waals surface area contributed by atoms with Gasteiger partial charge in [-0.1, -0.05) is 0 Å². The first-order valence-electron chi connectivity index (χ1n) is 6.33. The first kappa shape index (κ1) is 14.7. The molecule has 2 rings (SSSR count). The SMILES string of the molecule is CCOC(C)c1nc(C(F)(F)F)c(CNC2CC2)s1. The molecule has 0 bridgehead atoms. The fraction of sp³-hybridized carbons (Fsp3) is 0.750. The first-order valence-corrected chi connectivity index (χ1v) is 7.15. The number of nitrogens with one attached hydrogen (secondary N) is 1. The second-order valence-corrected chi connectivity index (χ2v) is 5.69. The molecule has 1 fully saturated rings. The van der Waals surface area contributed by atoms with E-state index in [1.54, 1.807) is 6.92 Å². The Morgan fingerprint density at radius 2 is 2.16 bits per heavy atom. The van der Waals surface area contributed by atoms with Gasteiger partial charge in [0.15, 0.2) is 5.69 Å². The van der Waals surface area contributed by atoms with Crippen LogP contribution in [0.3, 0.4) is 0 Å². The average Bonchev–Trinajstić information content (AvgIpc) is 3.03. The normalized spacial score (nSPS) is 17.7. The van der Waals surface area contributed by atoms with Crippen LogP contribution in [0.1, 0.15) is 48.4 Å². The van der Waals surface area contributed by atoms with Gasteiger partial charge in [-0.05, 0) is 26.7 Å². The van der Waals surface area contributed by atoms with Crippen molar-refractivity contribution in [2.45, 2.75) is 51.6 Å². The predicted molar refractivity (Wildman–Crippen MR) is 67.0 cm³/mol. The van der Waals surface area contributed by atoms with Crippen molar-refractivity contribution in [3.63, 3.8) is 0 Å². The van der Waals surface area contributed by atoms with E-state index in [4.69, 9.17) is 4.74 Å². The average molecular weight is 294 g/mol. The maximum Gasteiger partial charge on any atom is 0.434 e. The largest absolute Gasteiger partial charge is 0.434 e. The van der Waals surface area contributed by atoms with Gasteiger partial charge in [-0.2, -0.15) is 13.2 Å². The van der Waals surface area contributed by atoms with Crippen LogP contribution < -0.4 is 5.32 Å². The third kappa shape index (κ3) is 3.90. The van der Waals surface area contributed by atoms with E-state index in [0.717, 1.165) is 24.2 Å². The molecule has 1 heterocycles. The summed E-state index contributed by atoms with van der Waals surface area (Å²) in [7, 11) is 0. The summed E-state index contributed by atoms with van der Waals surface area (Å²) in [5.74, 6) is 0. The van der Waals surface area contributed by atoms with Crippen LogP contribution in [0.4, 0.5) is 13.2 Å². The number of thiazole rings is 1. The summed E-state index contributed by atoms with van der Waals surface area (Å²) in [6, 6.07) is 0.371. The van der Waals surface area contributed by atoms with Gasteiger partial charge in [0.25, 0.3) is 0 Å². The molecule has 1 saturated carbocycles. The molecule has 1 unspecified atom stereocenters. The van der Waals surface area contributed by atoms with Crippen LogP contribution in [0.5, 0.6) is 0 Å². The van der Waals surface area contributed by atoms with E-state index in [1.807, 2.05) is 6.92 Å². The summed E-state index contributed by atoms with van der Waals surface area (Å²) in [6.07, 6.45) is -2.71. The van der Waals surface area contributed by atoms with Gasteiger partial charge in [-0.25, -0.2) is 4.98 Å². The van der Waals surface area contributed by atoms with Gasteiger partial charge < -0.3 is 10.1 Å². The molecule has 0 saturated heterocycles. The lowest BCUT2D eigenvalue weighted by Crippen LogP contribution is -2.18. The summed E-state index contributed by atoms with van der Waals surface area (Å²) in [5.41, 5.74) is -0.771. The Morgan fingerprint density at radius 1 is 1.47 bits per heavy atom. The summed E-state index contributed by atoms with van der Waals surface area (Å²) < 4.78 is 44.1. The molecule has 1 aromatic rings. The Hall–Kier alpha value is -0.660. The van der Waals surface area contributed by atoms with Gasteiger partial charge in [0.05, 0.1) is 4.88 Å². The molecular weight excluding hydrogens is 277 g/mol. The van der Waals surface area contributed by atoms with Crippen molar-refractivity contribution < 1.29 is 17.9 Å². The van der Waals surface area contributed by atoms with Crippen LogP contribution in [0.2, 0.25) is 0 Å². The van der Waals surface area contributed by atoms with Gasteiger partial charge in [0, 0.05) is 19.2 Å². The van der Waals surface area contributed by atoms with Gasteiger partial charge in [-0.15, -0.1) is 11.3 Å². The number of rotatable bonds is 6. The molecule has 0 radical (unpaired) electrons. The lowest BCUT2D eigenvalue weighted by molar-refractivity contribution is -0.141. The van der Waals surface area contributed by atoms with Crippen LogP contribution in [-0.4, -0.2) is 17.6 Å². The number of nitrogens with zero attached hydrogens (tertiary/aromatic N) is 1. The third-order valence-electron chi connectivity index (χ3n) is 2.88. The minimum atomic E-state index is -4.40. The Bertz CT molecular complexity index is 429. The predicted octanol–water partition coefficient (Wildman–Crippen LogP) is 3.51. The maximum absolute atomic E-state index is 12.9. The molecule has 0 aromatic carbocycles. The van der Waals surface area contributed by atoms with E-state index in [2.05, 4.69) is 10.3 Å². The minimum Gasteiger partial charge on any atom is -0.372 e. The number of halogens is 3. The Morgan fingerprint density at radius 3 is 2.68 bits per heavy atom. The van der Waals surface area contributed by atoms with Crippen molar-refractivity contribution in [1.82, 2.24) is 10.3 Å². The van der Waals surface area contributed by atoms with E-state index in [1.165, 1.54) is 0 Å². The monoisotopic (exact) mass is 294 g/mol. The third-order valence-corrected chi connectivity index (χ3v) is 4.09. The van der Waals surface area contributed by atoms with Crippen LogP contribution in [-0.2, 0) is 17.5 Å². The molecule has 1 N–H and O–H groups in total. The standard InChI is InChI=1S/C12H17F3N2OS/c1-3-18-7(2)11-17-10(12(13,14)15)9(19-11)6-16-8-4-5-8/h7-8,16H,3-6H2,1-2H3. The fourth-order valence-electron chi connectivity index (χ4n) is 1.73. The highest BCUT2D eigenvalue weighted by Gasteiger charge is 2.38. The zero-order valence-corrected chi connectivity index (χ0v) is 11.7. The molecule has 1 aliphatic carbocycles. The number of hydrogen-bond acceptors (Lipinski definition) is 4. The number of alkyl halides is 3. The summed E-state index contributed by atoms with van der Waals surface area (Å²) in [4.78, 5) is 3.98.